The van der Waals surface area contributed by atoms with Gasteiger partial charge in [0.2, 0.25) is 0 Å². The van der Waals surface area contributed by atoms with E-state index in [1.165, 1.54) is 24.5 Å². The third kappa shape index (κ3) is 3.24. The fourth-order valence-corrected chi connectivity index (χ4v) is 2.94. The number of benzene rings is 1. The number of anilines is 1. The summed E-state index contributed by atoms with van der Waals surface area (Å²) in [5, 5.41) is 15.6. The fourth-order valence-electron chi connectivity index (χ4n) is 2.94. The number of rotatable bonds is 6. The molecular formula is C19H15FN6O2. The van der Waals surface area contributed by atoms with E-state index in [0.29, 0.717) is 29.4 Å². The van der Waals surface area contributed by atoms with Crippen LogP contribution in [0.25, 0.3) is 11.8 Å². The minimum absolute atomic E-state index is 0.309. The molecule has 0 spiro atoms. The molecule has 2 N–H and O–H groups in total. The number of aromatic nitrogens is 3. The Balaban J connectivity index is 1.65. The van der Waals surface area contributed by atoms with Gasteiger partial charge in [-0.15, -0.1) is 0 Å². The van der Waals surface area contributed by atoms with Gasteiger partial charge in [-0.2, -0.15) is 5.26 Å². The van der Waals surface area contributed by atoms with Gasteiger partial charge < -0.3 is 9.84 Å². The maximum Gasteiger partial charge on any atom is 0.169 e. The van der Waals surface area contributed by atoms with Gasteiger partial charge in [-0.1, -0.05) is 11.2 Å². The second-order valence-corrected chi connectivity index (χ2v) is 5.97. The van der Waals surface area contributed by atoms with E-state index in [1.54, 1.807) is 47.4 Å². The molecule has 0 aliphatic carbocycles. The topological polar surface area (TPSA) is 101 Å². The number of nitriles is 1. The highest BCUT2D eigenvalue weighted by atomic mass is 19.1. The Kier molecular flexibility index (Phi) is 4.62. The minimum Gasteiger partial charge on any atom is -0.364 e. The number of imidazole rings is 1. The van der Waals surface area contributed by atoms with Crippen molar-refractivity contribution in [2.45, 2.75) is 5.60 Å². The van der Waals surface area contributed by atoms with E-state index < -0.39 is 11.4 Å². The van der Waals surface area contributed by atoms with Gasteiger partial charge in [-0.05, 0) is 29.8 Å². The third-order valence-corrected chi connectivity index (χ3v) is 4.30. The first kappa shape index (κ1) is 17.5. The van der Waals surface area contributed by atoms with Crippen molar-refractivity contribution in [3.05, 3.63) is 78.5 Å². The lowest BCUT2D eigenvalue weighted by molar-refractivity contribution is -0.0321. The molecule has 0 bridgehead atoms. The summed E-state index contributed by atoms with van der Waals surface area (Å²) in [7, 11) is 0. The molecule has 3 heterocycles. The predicted molar refractivity (Wildman–Crippen MR) is 98.2 cm³/mol. The van der Waals surface area contributed by atoms with Gasteiger partial charge >= 0.3 is 0 Å². The monoisotopic (exact) mass is 378 g/mol. The van der Waals surface area contributed by atoms with Crippen molar-refractivity contribution in [2.75, 3.05) is 11.9 Å². The highest BCUT2D eigenvalue weighted by molar-refractivity contribution is 5.50. The van der Waals surface area contributed by atoms with Crippen LogP contribution in [0, 0.1) is 17.1 Å². The van der Waals surface area contributed by atoms with Gasteiger partial charge in [-0.25, -0.2) is 9.37 Å². The summed E-state index contributed by atoms with van der Waals surface area (Å²) < 4.78 is 21.3. The van der Waals surface area contributed by atoms with Crippen LogP contribution in [-0.4, -0.2) is 21.3 Å². The normalized spacial score (nSPS) is 18.3. The zero-order valence-electron chi connectivity index (χ0n) is 14.5. The molecule has 0 amide bonds. The lowest BCUT2D eigenvalue weighted by Crippen LogP contribution is -2.35. The molecule has 3 aromatic rings. The molecule has 0 fully saturated rings. The van der Waals surface area contributed by atoms with Crippen molar-refractivity contribution < 1.29 is 13.8 Å². The molecule has 1 atom stereocenters. The van der Waals surface area contributed by atoms with Crippen LogP contribution in [0.3, 0.4) is 0 Å². The van der Waals surface area contributed by atoms with Gasteiger partial charge in [0, 0.05) is 30.7 Å². The average molecular weight is 378 g/mol. The standard InChI is InChI=1S/C19H15FN6O2/c20-15-12-14(3-4-16(15)26-10-9-22-18(26)2-1-7-21)19(6-8-24-28-19)13-23-17-5-11-27-25-17/h1-6,8-12,24H,13H2,(H,23,25)/b2-1+. The largest absolute Gasteiger partial charge is 0.364 e. The Morgan fingerprint density at radius 1 is 1.39 bits per heavy atom. The molecular weight excluding hydrogens is 363 g/mol. The lowest BCUT2D eigenvalue weighted by atomic mass is 9.93. The van der Waals surface area contributed by atoms with Crippen LogP contribution in [0.15, 0.2) is 65.8 Å². The van der Waals surface area contributed by atoms with Crippen LogP contribution in [-0.2, 0) is 10.4 Å². The summed E-state index contributed by atoms with van der Waals surface area (Å²) in [5.41, 5.74) is 2.70. The summed E-state index contributed by atoms with van der Waals surface area (Å²) in [6.45, 7) is 0.309. The van der Waals surface area contributed by atoms with E-state index in [4.69, 9.17) is 14.6 Å². The molecule has 0 saturated carbocycles. The Bertz CT molecular complexity index is 1070. The molecule has 28 heavy (non-hydrogen) atoms. The first-order valence-corrected chi connectivity index (χ1v) is 8.37. The van der Waals surface area contributed by atoms with Crippen molar-refractivity contribution >= 4 is 11.9 Å². The lowest BCUT2D eigenvalue weighted by Gasteiger charge is -2.27. The van der Waals surface area contributed by atoms with Gasteiger partial charge in [0.15, 0.2) is 11.4 Å². The SMILES string of the molecule is N#C/C=C/c1nccn1-c1ccc(C2(CNc3ccon3)C=CNO2)cc1F. The number of nitrogens with one attached hydrogen (secondary N) is 2. The highest BCUT2D eigenvalue weighted by Gasteiger charge is 2.35. The number of hydroxylamine groups is 1. The molecule has 0 saturated heterocycles. The molecule has 1 aromatic carbocycles. The summed E-state index contributed by atoms with van der Waals surface area (Å²) in [6, 6.07) is 8.41. The van der Waals surface area contributed by atoms with Crippen molar-refractivity contribution in [3.8, 4) is 11.8 Å². The minimum atomic E-state index is -0.920. The summed E-state index contributed by atoms with van der Waals surface area (Å²) >= 11 is 0. The van der Waals surface area contributed by atoms with Crippen molar-refractivity contribution in [3.63, 3.8) is 0 Å². The first-order chi connectivity index (χ1) is 13.7. The number of halogens is 1. The van der Waals surface area contributed by atoms with Crippen molar-refractivity contribution in [2.24, 2.45) is 0 Å². The van der Waals surface area contributed by atoms with Crippen molar-refractivity contribution in [1.82, 2.24) is 20.2 Å². The Labute approximate surface area is 159 Å². The molecule has 0 radical (unpaired) electrons. The van der Waals surface area contributed by atoms with E-state index in [2.05, 4.69) is 20.9 Å². The molecule has 1 unspecified atom stereocenters. The molecule has 2 aromatic heterocycles. The highest BCUT2D eigenvalue weighted by Crippen LogP contribution is 2.32. The van der Waals surface area contributed by atoms with Gasteiger partial charge in [0.25, 0.3) is 0 Å². The second-order valence-electron chi connectivity index (χ2n) is 5.97. The van der Waals surface area contributed by atoms with Crippen LogP contribution >= 0.6 is 0 Å². The predicted octanol–water partition coefficient (Wildman–Crippen LogP) is 2.89. The number of allylic oxidation sites excluding steroid dienone is 1. The van der Waals surface area contributed by atoms with Gasteiger partial charge in [0.1, 0.15) is 17.9 Å². The molecule has 4 rings (SSSR count). The van der Waals surface area contributed by atoms with E-state index in [1.807, 2.05) is 6.07 Å². The summed E-state index contributed by atoms with van der Waals surface area (Å²) in [4.78, 5) is 9.80. The summed E-state index contributed by atoms with van der Waals surface area (Å²) in [6.07, 6.45) is 10.9. The van der Waals surface area contributed by atoms with Crippen LogP contribution < -0.4 is 10.8 Å². The number of nitrogens with zero attached hydrogens (tertiary/aromatic N) is 4. The van der Waals surface area contributed by atoms with Gasteiger partial charge in [-0.3, -0.25) is 14.9 Å². The van der Waals surface area contributed by atoms with Gasteiger partial charge in [0.05, 0.1) is 18.3 Å². The van der Waals surface area contributed by atoms with Crippen LogP contribution in [0.5, 0.6) is 0 Å². The first-order valence-electron chi connectivity index (χ1n) is 8.37. The Hall–Kier alpha value is -3.90. The number of hydrogen-bond acceptors (Lipinski definition) is 7. The Morgan fingerprint density at radius 2 is 2.32 bits per heavy atom. The zero-order valence-corrected chi connectivity index (χ0v) is 14.5. The second kappa shape index (κ2) is 7.38. The maximum absolute atomic E-state index is 15.0. The van der Waals surface area contributed by atoms with Crippen LogP contribution in [0.4, 0.5) is 10.2 Å². The van der Waals surface area contributed by atoms with Crippen LogP contribution in [0.2, 0.25) is 0 Å². The Morgan fingerprint density at radius 3 is 3.04 bits per heavy atom. The average Bonchev–Trinajstić information content (AvgIpc) is 3.47. The maximum atomic E-state index is 15.0. The van der Waals surface area contributed by atoms with E-state index >= 15 is 0 Å². The zero-order chi connectivity index (χ0) is 19.4. The smallest absolute Gasteiger partial charge is 0.169 e. The third-order valence-electron chi connectivity index (χ3n) is 4.30. The number of hydrogen-bond donors (Lipinski definition) is 2. The molecule has 1 aliphatic heterocycles. The fraction of sp³-hybridized carbons (Fsp3) is 0.105. The van der Waals surface area contributed by atoms with Crippen molar-refractivity contribution in [1.29, 1.82) is 5.26 Å². The van der Waals surface area contributed by atoms with E-state index in [0.717, 1.165) is 0 Å². The summed E-state index contributed by atoms with van der Waals surface area (Å²) in [5.74, 6) is 0.550. The molecule has 140 valence electrons. The van der Waals surface area contributed by atoms with E-state index in [-0.39, 0.29) is 0 Å². The van der Waals surface area contributed by atoms with E-state index in [9.17, 15) is 4.39 Å². The van der Waals surface area contributed by atoms with Crippen LogP contribution in [0.1, 0.15) is 11.4 Å². The molecule has 1 aliphatic rings. The molecule has 9 heteroatoms. The molecule has 8 nitrogen and oxygen atoms in total. The quantitative estimate of drug-likeness (QED) is 0.636.